The van der Waals surface area contributed by atoms with E-state index < -0.39 is 11.5 Å². The first-order chi connectivity index (χ1) is 5.20. The molecule has 0 aliphatic heterocycles. The van der Waals surface area contributed by atoms with Crippen LogP contribution in [-0.4, -0.2) is 16.6 Å². The lowest BCUT2D eigenvalue weighted by Gasteiger charge is -2.04. The first kappa shape index (κ1) is 8.36. The van der Waals surface area contributed by atoms with E-state index in [4.69, 9.17) is 21.4 Å². The van der Waals surface area contributed by atoms with Gasteiger partial charge in [0.15, 0.2) is 5.06 Å². The summed E-state index contributed by atoms with van der Waals surface area (Å²) in [5.41, 5.74) is -1.30. The van der Waals surface area contributed by atoms with Gasteiger partial charge in [0.1, 0.15) is 0 Å². The minimum Gasteiger partial charge on any atom is -0.478 e. The van der Waals surface area contributed by atoms with Crippen LogP contribution in [0.15, 0.2) is 17.5 Å². The molecule has 1 atom stereocenters. The van der Waals surface area contributed by atoms with E-state index in [1.54, 1.807) is 17.5 Å². The second kappa shape index (κ2) is 3.59. The molecular formula is C6H5ClO3S. The first-order valence-electron chi connectivity index (χ1n) is 2.77. The fraction of sp³-hybridized carbons (Fsp3) is 0.167. The summed E-state index contributed by atoms with van der Waals surface area (Å²) in [6.45, 7) is 0. The van der Waals surface area contributed by atoms with Crippen LogP contribution in [0.2, 0.25) is 0 Å². The molecular weight excluding hydrogens is 188 g/mol. The third-order valence-electron chi connectivity index (χ3n) is 0.909. The Morgan fingerprint density at radius 2 is 2.55 bits per heavy atom. The van der Waals surface area contributed by atoms with E-state index in [9.17, 15) is 4.79 Å². The minimum atomic E-state index is -1.30. The summed E-state index contributed by atoms with van der Waals surface area (Å²) in [5.74, 6) is -1.18. The molecule has 0 saturated carbocycles. The van der Waals surface area contributed by atoms with Gasteiger partial charge in [-0.1, -0.05) is 11.6 Å². The number of carbonyl (C=O) groups is 1. The molecule has 3 nitrogen and oxygen atoms in total. The summed E-state index contributed by atoms with van der Waals surface area (Å²) in [4.78, 5) is 10.2. The van der Waals surface area contributed by atoms with Gasteiger partial charge in [0.25, 0.3) is 5.56 Å². The van der Waals surface area contributed by atoms with E-state index in [2.05, 4.69) is 0 Å². The lowest BCUT2D eigenvalue weighted by atomic mass is 10.6. The van der Waals surface area contributed by atoms with Gasteiger partial charge in [-0.05, 0) is 17.5 Å². The Morgan fingerprint density at radius 3 is 3.00 bits per heavy atom. The Balaban J connectivity index is 2.50. The van der Waals surface area contributed by atoms with Crippen LogP contribution in [-0.2, 0) is 4.79 Å². The topological polar surface area (TPSA) is 46.5 Å². The standard InChI is InChI=1S/C6H5ClO3S/c7-5(6(8)9)10-4-2-1-3-11-4/h1-3,5H,(H,8,9). The molecule has 0 fully saturated rings. The number of hydrogen-bond donors (Lipinski definition) is 1. The van der Waals surface area contributed by atoms with Gasteiger partial charge in [-0.2, -0.15) is 0 Å². The van der Waals surface area contributed by atoms with Gasteiger partial charge in [0.2, 0.25) is 0 Å². The van der Waals surface area contributed by atoms with Crippen LogP contribution in [0.1, 0.15) is 0 Å². The Morgan fingerprint density at radius 1 is 1.82 bits per heavy atom. The maximum atomic E-state index is 10.2. The first-order valence-corrected chi connectivity index (χ1v) is 4.09. The van der Waals surface area contributed by atoms with E-state index in [0.717, 1.165) is 0 Å². The summed E-state index contributed by atoms with van der Waals surface area (Å²) >= 11 is 6.59. The highest BCUT2D eigenvalue weighted by Crippen LogP contribution is 2.20. The lowest BCUT2D eigenvalue weighted by molar-refractivity contribution is -0.141. The number of halogens is 1. The van der Waals surface area contributed by atoms with Gasteiger partial charge in [0.05, 0.1) is 0 Å². The summed E-state index contributed by atoms with van der Waals surface area (Å²) in [5, 5.41) is 10.6. The quantitative estimate of drug-likeness (QED) is 0.743. The second-order valence-corrected chi connectivity index (χ2v) is 3.01. The normalized spacial score (nSPS) is 12.5. The molecule has 0 amide bonds. The van der Waals surface area contributed by atoms with E-state index in [0.29, 0.717) is 5.06 Å². The molecule has 5 heteroatoms. The molecule has 0 spiro atoms. The zero-order valence-corrected chi connectivity index (χ0v) is 6.93. The van der Waals surface area contributed by atoms with E-state index in [1.165, 1.54) is 11.3 Å². The van der Waals surface area contributed by atoms with Crippen molar-refractivity contribution in [2.75, 3.05) is 0 Å². The van der Waals surface area contributed by atoms with Crippen molar-refractivity contribution in [1.82, 2.24) is 0 Å². The van der Waals surface area contributed by atoms with Crippen LogP contribution < -0.4 is 4.74 Å². The monoisotopic (exact) mass is 192 g/mol. The number of carboxylic acid groups (broad SMARTS) is 1. The number of ether oxygens (including phenoxy) is 1. The van der Waals surface area contributed by atoms with Crippen molar-refractivity contribution >= 4 is 28.9 Å². The Bertz CT molecular complexity index is 234. The fourth-order valence-electron chi connectivity index (χ4n) is 0.483. The van der Waals surface area contributed by atoms with Crippen molar-refractivity contribution in [1.29, 1.82) is 0 Å². The average Bonchev–Trinajstić information content (AvgIpc) is 2.39. The number of thiophene rings is 1. The molecule has 1 aromatic rings. The van der Waals surface area contributed by atoms with Gasteiger partial charge < -0.3 is 9.84 Å². The highest BCUT2D eigenvalue weighted by Gasteiger charge is 2.14. The molecule has 0 aliphatic rings. The molecule has 1 heterocycles. The van der Waals surface area contributed by atoms with Crippen LogP contribution in [0.3, 0.4) is 0 Å². The lowest BCUT2D eigenvalue weighted by Crippen LogP contribution is -2.19. The predicted molar refractivity (Wildman–Crippen MR) is 42.2 cm³/mol. The maximum Gasteiger partial charge on any atom is 0.360 e. The Labute approximate surface area is 72.2 Å². The summed E-state index contributed by atoms with van der Waals surface area (Å²) in [7, 11) is 0. The SMILES string of the molecule is O=C(O)C(Cl)Oc1cccs1. The number of alkyl halides is 1. The molecule has 1 unspecified atom stereocenters. The number of carboxylic acids is 1. The molecule has 0 saturated heterocycles. The Kier molecular flexibility index (Phi) is 2.73. The van der Waals surface area contributed by atoms with Crippen molar-refractivity contribution in [3.63, 3.8) is 0 Å². The Hall–Kier alpha value is -0.740. The zero-order valence-electron chi connectivity index (χ0n) is 5.36. The predicted octanol–water partition coefficient (Wildman–Crippen LogP) is 1.78. The van der Waals surface area contributed by atoms with Crippen molar-refractivity contribution in [3.8, 4) is 5.06 Å². The molecule has 1 aromatic heterocycles. The minimum absolute atomic E-state index is 0.507. The summed E-state index contributed by atoms with van der Waals surface area (Å²) in [6.07, 6.45) is 0. The van der Waals surface area contributed by atoms with Crippen molar-refractivity contribution in [2.24, 2.45) is 0 Å². The highest BCUT2D eigenvalue weighted by molar-refractivity contribution is 7.11. The van der Waals surface area contributed by atoms with Crippen LogP contribution in [0, 0.1) is 0 Å². The molecule has 0 bridgehead atoms. The molecule has 1 rings (SSSR count). The van der Waals surface area contributed by atoms with Crippen LogP contribution in [0.25, 0.3) is 0 Å². The second-order valence-electron chi connectivity index (χ2n) is 1.70. The number of hydrogen-bond acceptors (Lipinski definition) is 3. The van der Waals surface area contributed by atoms with Gasteiger partial charge in [-0.25, -0.2) is 4.79 Å². The average molecular weight is 193 g/mol. The fourth-order valence-corrected chi connectivity index (χ4v) is 1.23. The third-order valence-corrected chi connectivity index (χ3v) is 1.94. The molecule has 0 radical (unpaired) electrons. The van der Waals surface area contributed by atoms with E-state index in [1.807, 2.05) is 0 Å². The van der Waals surface area contributed by atoms with Gasteiger partial charge >= 0.3 is 5.97 Å². The van der Waals surface area contributed by atoms with E-state index >= 15 is 0 Å². The van der Waals surface area contributed by atoms with Crippen molar-refractivity contribution < 1.29 is 14.6 Å². The van der Waals surface area contributed by atoms with Crippen LogP contribution in [0.5, 0.6) is 5.06 Å². The van der Waals surface area contributed by atoms with Crippen molar-refractivity contribution in [3.05, 3.63) is 17.5 Å². The van der Waals surface area contributed by atoms with Crippen LogP contribution in [0.4, 0.5) is 0 Å². The maximum absolute atomic E-state index is 10.2. The van der Waals surface area contributed by atoms with Crippen LogP contribution >= 0.6 is 22.9 Å². The molecule has 1 N–H and O–H groups in total. The third kappa shape index (κ3) is 2.40. The van der Waals surface area contributed by atoms with Gasteiger partial charge in [-0.15, -0.1) is 11.3 Å². The number of rotatable bonds is 3. The largest absolute Gasteiger partial charge is 0.478 e. The van der Waals surface area contributed by atoms with E-state index in [-0.39, 0.29) is 0 Å². The number of aliphatic carboxylic acids is 1. The summed E-state index contributed by atoms with van der Waals surface area (Å²) in [6, 6.07) is 3.41. The smallest absolute Gasteiger partial charge is 0.360 e. The molecule has 11 heavy (non-hydrogen) atoms. The summed E-state index contributed by atoms with van der Waals surface area (Å²) < 4.78 is 4.80. The van der Waals surface area contributed by atoms with Gasteiger partial charge in [0, 0.05) is 0 Å². The molecule has 0 aromatic carbocycles. The molecule has 60 valence electrons. The van der Waals surface area contributed by atoms with Gasteiger partial charge in [-0.3, -0.25) is 0 Å². The molecule has 0 aliphatic carbocycles. The highest BCUT2D eigenvalue weighted by atomic mass is 35.5. The zero-order chi connectivity index (χ0) is 8.27. The van der Waals surface area contributed by atoms with Crippen molar-refractivity contribution in [2.45, 2.75) is 5.56 Å².